The van der Waals surface area contributed by atoms with Crippen LogP contribution in [0.3, 0.4) is 0 Å². The van der Waals surface area contributed by atoms with Crippen LogP contribution in [-0.4, -0.2) is 33.8 Å². The lowest BCUT2D eigenvalue weighted by atomic mass is 10.3. The highest BCUT2D eigenvalue weighted by Gasteiger charge is 2.04. The summed E-state index contributed by atoms with van der Waals surface area (Å²) in [5.74, 6) is 1.50. The van der Waals surface area contributed by atoms with Crippen LogP contribution >= 0.6 is 23.4 Å². The lowest BCUT2D eigenvalue weighted by Gasteiger charge is -2.05. The molecule has 0 amide bonds. The summed E-state index contributed by atoms with van der Waals surface area (Å²) in [7, 11) is 0. The molecule has 0 radical (unpaired) electrons. The Morgan fingerprint density at radius 3 is 2.82 bits per heavy atom. The molecule has 0 aliphatic rings. The van der Waals surface area contributed by atoms with E-state index < -0.39 is 0 Å². The third-order valence-electron chi connectivity index (χ3n) is 1.99. The molecule has 0 fully saturated rings. The van der Waals surface area contributed by atoms with Gasteiger partial charge in [-0.3, -0.25) is 0 Å². The Balaban J connectivity index is 2.50. The first-order valence-corrected chi connectivity index (χ1v) is 7.11. The predicted molar refractivity (Wildman–Crippen MR) is 72.6 cm³/mol. The van der Waals surface area contributed by atoms with Crippen LogP contribution in [0.2, 0.25) is 5.28 Å². The number of aromatic nitrogens is 3. The molecular weight excluding hydrogens is 258 g/mol. The van der Waals surface area contributed by atoms with E-state index in [2.05, 4.69) is 27.2 Å². The fraction of sp³-hybridized carbons (Fsp3) is 0.700. The van der Waals surface area contributed by atoms with E-state index in [0.29, 0.717) is 24.2 Å². The highest BCUT2D eigenvalue weighted by atomic mass is 35.5. The summed E-state index contributed by atoms with van der Waals surface area (Å²) >= 11 is 7.43. The molecule has 0 saturated heterocycles. The summed E-state index contributed by atoms with van der Waals surface area (Å²) in [4.78, 5) is 12.3. The number of rotatable bonds is 8. The summed E-state index contributed by atoms with van der Waals surface area (Å²) in [6.07, 6.45) is 3.60. The van der Waals surface area contributed by atoms with Crippen LogP contribution in [0.15, 0.2) is 5.16 Å². The molecule has 96 valence electrons. The molecule has 1 aromatic rings. The van der Waals surface area contributed by atoms with Crippen LogP contribution in [0.4, 0.5) is 5.95 Å². The van der Waals surface area contributed by atoms with E-state index in [1.807, 2.05) is 0 Å². The van der Waals surface area contributed by atoms with Gasteiger partial charge in [0.25, 0.3) is 0 Å². The van der Waals surface area contributed by atoms with Gasteiger partial charge >= 0.3 is 0 Å². The largest absolute Gasteiger partial charge is 0.353 e. The summed E-state index contributed by atoms with van der Waals surface area (Å²) < 4.78 is 0. The minimum absolute atomic E-state index is 0.220. The molecule has 0 unspecified atom stereocenters. The van der Waals surface area contributed by atoms with Gasteiger partial charge in [0.05, 0.1) is 0 Å². The molecule has 0 aromatic carbocycles. The summed E-state index contributed by atoms with van der Waals surface area (Å²) in [5.41, 5.74) is 5.39. The van der Waals surface area contributed by atoms with E-state index in [9.17, 15) is 0 Å². The van der Waals surface area contributed by atoms with Crippen molar-refractivity contribution in [2.24, 2.45) is 5.73 Å². The molecule has 0 aliphatic carbocycles. The van der Waals surface area contributed by atoms with Gasteiger partial charge < -0.3 is 11.1 Å². The standard InChI is InChI=1S/C10H18ClN5S/c1-2-3-4-7-17-10-15-8(11)14-9(16-10)13-6-5-12/h2-7,12H2,1H3,(H,13,14,15,16). The minimum Gasteiger partial charge on any atom is -0.353 e. The molecule has 0 bridgehead atoms. The molecule has 1 rings (SSSR count). The van der Waals surface area contributed by atoms with Crippen molar-refractivity contribution in [3.63, 3.8) is 0 Å². The van der Waals surface area contributed by atoms with Crippen molar-refractivity contribution >= 4 is 29.3 Å². The quantitative estimate of drug-likeness (QED) is 0.559. The Labute approximate surface area is 111 Å². The zero-order valence-electron chi connectivity index (χ0n) is 9.95. The van der Waals surface area contributed by atoms with Crippen molar-refractivity contribution in [3.05, 3.63) is 5.28 Å². The fourth-order valence-corrected chi connectivity index (χ4v) is 2.22. The van der Waals surface area contributed by atoms with Gasteiger partial charge in [0.2, 0.25) is 11.2 Å². The average Bonchev–Trinajstić information content (AvgIpc) is 2.31. The molecule has 3 N–H and O–H groups in total. The van der Waals surface area contributed by atoms with Crippen molar-refractivity contribution in [2.75, 3.05) is 24.2 Å². The van der Waals surface area contributed by atoms with Gasteiger partial charge in [0.1, 0.15) is 0 Å². The molecule has 7 heteroatoms. The summed E-state index contributed by atoms with van der Waals surface area (Å²) in [5, 5.41) is 3.88. The van der Waals surface area contributed by atoms with Crippen molar-refractivity contribution in [1.29, 1.82) is 0 Å². The van der Waals surface area contributed by atoms with E-state index >= 15 is 0 Å². The number of unbranched alkanes of at least 4 members (excludes halogenated alkanes) is 2. The fourth-order valence-electron chi connectivity index (χ4n) is 1.18. The second-order valence-electron chi connectivity index (χ2n) is 3.48. The number of anilines is 1. The smallest absolute Gasteiger partial charge is 0.228 e. The molecular formula is C10H18ClN5S. The minimum atomic E-state index is 0.220. The Bertz CT molecular complexity index is 336. The van der Waals surface area contributed by atoms with Crippen LogP contribution in [0.5, 0.6) is 0 Å². The van der Waals surface area contributed by atoms with Crippen LogP contribution < -0.4 is 11.1 Å². The normalized spacial score (nSPS) is 10.5. The maximum atomic E-state index is 5.82. The third-order valence-corrected chi connectivity index (χ3v) is 3.10. The zero-order valence-corrected chi connectivity index (χ0v) is 11.5. The van der Waals surface area contributed by atoms with E-state index in [-0.39, 0.29) is 5.28 Å². The van der Waals surface area contributed by atoms with Gasteiger partial charge in [-0.05, 0) is 18.0 Å². The third kappa shape index (κ3) is 6.05. The molecule has 0 aliphatic heterocycles. The molecule has 1 heterocycles. The number of thioether (sulfide) groups is 1. The number of hydrogen-bond donors (Lipinski definition) is 2. The SMILES string of the molecule is CCCCCSc1nc(Cl)nc(NCCN)n1. The van der Waals surface area contributed by atoms with Crippen molar-refractivity contribution in [3.8, 4) is 0 Å². The van der Waals surface area contributed by atoms with Crippen molar-refractivity contribution in [1.82, 2.24) is 15.0 Å². The van der Waals surface area contributed by atoms with Gasteiger partial charge in [-0.2, -0.15) is 15.0 Å². The first kappa shape index (κ1) is 14.5. The van der Waals surface area contributed by atoms with Crippen LogP contribution in [0, 0.1) is 0 Å². The lowest BCUT2D eigenvalue weighted by Crippen LogP contribution is -2.15. The number of hydrogen-bond acceptors (Lipinski definition) is 6. The van der Waals surface area contributed by atoms with Gasteiger partial charge in [-0.25, -0.2) is 0 Å². The van der Waals surface area contributed by atoms with Crippen molar-refractivity contribution < 1.29 is 0 Å². The van der Waals surface area contributed by atoms with E-state index in [0.717, 1.165) is 12.2 Å². The van der Waals surface area contributed by atoms with Gasteiger partial charge in [-0.1, -0.05) is 31.5 Å². The van der Waals surface area contributed by atoms with Gasteiger partial charge in [0.15, 0.2) is 5.16 Å². The Kier molecular flexibility index (Phi) is 7.23. The van der Waals surface area contributed by atoms with Crippen LogP contribution in [-0.2, 0) is 0 Å². The van der Waals surface area contributed by atoms with Gasteiger partial charge in [0, 0.05) is 18.8 Å². The molecule has 5 nitrogen and oxygen atoms in total. The zero-order chi connectivity index (χ0) is 12.5. The van der Waals surface area contributed by atoms with Crippen molar-refractivity contribution in [2.45, 2.75) is 31.3 Å². The lowest BCUT2D eigenvalue weighted by molar-refractivity contribution is 0.776. The number of halogens is 1. The molecule has 1 aromatic heterocycles. The summed E-state index contributed by atoms with van der Waals surface area (Å²) in [6.45, 7) is 3.34. The van der Waals surface area contributed by atoms with E-state index in [1.165, 1.54) is 12.8 Å². The number of nitrogens with one attached hydrogen (secondary N) is 1. The molecule has 0 spiro atoms. The topological polar surface area (TPSA) is 76.7 Å². The Morgan fingerprint density at radius 2 is 2.12 bits per heavy atom. The van der Waals surface area contributed by atoms with Crippen LogP contribution in [0.25, 0.3) is 0 Å². The Hall–Kier alpha value is -0.590. The molecule has 0 saturated carbocycles. The second-order valence-corrected chi connectivity index (χ2v) is 4.88. The molecule has 17 heavy (non-hydrogen) atoms. The first-order valence-electron chi connectivity index (χ1n) is 5.74. The summed E-state index contributed by atoms with van der Waals surface area (Å²) in [6, 6.07) is 0. The predicted octanol–water partition coefficient (Wildman–Crippen LogP) is 2.18. The van der Waals surface area contributed by atoms with Crippen LogP contribution in [0.1, 0.15) is 26.2 Å². The van der Waals surface area contributed by atoms with E-state index in [1.54, 1.807) is 11.8 Å². The highest BCUT2D eigenvalue weighted by Crippen LogP contribution is 2.18. The number of nitrogens with zero attached hydrogens (tertiary/aromatic N) is 3. The Morgan fingerprint density at radius 1 is 1.29 bits per heavy atom. The maximum Gasteiger partial charge on any atom is 0.228 e. The average molecular weight is 276 g/mol. The second kappa shape index (κ2) is 8.49. The van der Waals surface area contributed by atoms with Gasteiger partial charge in [-0.15, -0.1) is 0 Å². The monoisotopic (exact) mass is 275 g/mol. The number of nitrogens with two attached hydrogens (primary N) is 1. The maximum absolute atomic E-state index is 5.82. The molecule has 0 atom stereocenters. The highest BCUT2D eigenvalue weighted by molar-refractivity contribution is 7.99. The first-order chi connectivity index (χ1) is 8.26. The van der Waals surface area contributed by atoms with E-state index in [4.69, 9.17) is 17.3 Å².